The quantitative estimate of drug-likeness (QED) is 0.684. The highest BCUT2D eigenvalue weighted by Gasteiger charge is 2.41. The summed E-state index contributed by atoms with van der Waals surface area (Å²) in [6.45, 7) is 0. The van der Waals surface area contributed by atoms with Crippen LogP contribution in [0.1, 0.15) is 64.2 Å². The Morgan fingerprint density at radius 2 is 1.89 bits per heavy atom. The Kier molecular flexibility index (Phi) is 4.43. The molecule has 0 radical (unpaired) electrons. The number of nitriles is 2. The van der Waals surface area contributed by atoms with Crippen LogP contribution in [0, 0.1) is 34.0 Å². The SMILES string of the molecule is N#CCC1(C(C#N)C2=CCCCC2)CCCCC1. The molecule has 0 N–H and O–H groups in total. The number of hydrogen-bond donors (Lipinski definition) is 0. The van der Waals surface area contributed by atoms with Crippen LogP contribution in [0.4, 0.5) is 0 Å². The Morgan fingerprint density at radius 1 is 1.11 bits per heavy atom. The first-order chi connectivity index (χ1) is 8.82. The first-order valence-electron chi connectivity index (χ1n) is 7.28. The lowest BCUT2D eigenvalue weighted by Crippen LogP contribution is -2.33. The minimum absolute atomic E-state index is 0.00208. The lowest BCUT2D eigenvalue weighted by Gasteiger charge is -2.40. The molecule has 0 amide bonds. The summed E-state index contributed by atoms with van der Waals surface area (Å²) >= 11 is 0. The predicted octanol–water partition coefficient (Wildman–Crippen LogP) is 4.49. The summed E-state index contributed by atoms with van der Waals surface area (Å²) in [5.41, 5.74) is 1.30. The van der Waals surface area contributed by atoms with E-state index in [4.69, 9.17) is 5.26 Å². The number of allylic oxidation sites excluding steroid dienone is 2. The summed E-state index contributed by atoms with van der Waals surface area (Å²) in [7, 11) is 0. The van der Waals surface area contributed by atoms with Crippen LogP contribution in [0.25, 0.3) is 0 Å². The van der Waals surface area contributed by atoms with Gasteiger partial charge in [0, 0.05) is 11.8 Å². The van der Waals surface area contributed by atoms with E-state index in [1.165, 1.54) is 37.7 Å². The summed E-state index contributed by atoms with van der Waals surface area (Å²) < 4.78 is 0. The Hall–Kier alpha value is -1.28. The Bertz CT molecular complexity index is 388. The molecule has 1 saturated carbocycles. The largest absolute Gasteiger partial charge is 0.198 e. The van der Waals surface area contributed by atoms with Gasteiger partial charge < -0.3 is 0 Å². The monoisotopic (exact) mass is 242 g/mol. The Morgan fingerprint density at radius 3 is 2.44 bits per heavy atom. The fraction of sp³-hybridized carbons (Fsp3) is 0.750. The number of rotatable bonds is 3. The van der Waals surface area contributed by atoms with Crippen LogP contribution in [0.15, 0.2) is 11.6 Å². The van der Waals surface area contributed by atoms with Gasteiger partial charge in [-0.1, -0.05) is 30.9 Å². The number of nitrogens with zero attached hydrogens (tertiary/aromatic N) is 2. The maximum Gasteiger partial charge on any atom is 0.0738 e. The molecule has 2 nitrogen and oxygen atoms in total. The lowest BCUT2D eigenvalue weighted by molar-refractivity contribution is 0.150. The molecule has 0 saturated heterocycles. The third-order valence-electron chi connectivity index (χ3n) is 4.72. The average Bonchev–Trinajstić information content (AvgIpc) is 2.42. The molecule has 0 aromatic heterocycles. The molecule has 0 aliphatic heterocycles. The second kappa shape index (κ2) is 6.05. The van der Waals surface area contributed by atoms with Crippen LogP contribution in [-0.2, 0) is 0 Å². The average molecular weight is 242 g/mol. The van der Waals surface area contributed by atoms with Gasteiger partial charge in [-0.25, -0.2) is 0 Å². The highest BCUT2D eigenvalue weighted by molar-refractivity contribution is 5.22. The molecule has 0 aromatic rings. The van der Waals surface area contributed by atoms with Gasteiger partial charge in [0.15, 0.2) is 0 Å². The second-order valence-electron chi connectivity index (χ2n) is 5.84. The van der Waals surface area contributed by atoms with Crippen LogP contribution >= 0.6 is 0 Å². The summed E-state index contributed by atoms with van der Waals surface area (Å²) in [4.78, 5) is 0. The third-order valence-corrected chi connectivity index (χ3v) is 4.72. The normalized spacial score (nSPS) is 24.4. The summed E-state index contributed by atoms with van der Waals surface area (Å²) in [5, 5.41) is 18.8. The molecule has 1 atom stereocenters. The fourth-order valence-corrected chi connectivity index (χ4v) is 3.72. The van der Waals surface area contributed by atoms with Gasteiger partial charge in [-0.15, -0.1) is 0 Å². The molecule has 18 heavy (non-hydrogen) atoms. The van der Waals surface area contributed by atoms with Gasteiger partial charge in [-0.2, -0.15) is 10.5 Å². The van der Waals surface area contributed by atoms with E-state index in [1.807, 2.05) is 0 Å². The zero-order chi connectivity index (χ0) is 12.8. The molecule has 2 rings (SSSR count). The van der Waals surface area contributed by atoms with Crippen LogP contribution in [-0.4, -0.2) is 0 Å². The van der Waals surface area contributed by atoms with Crippen molar-refractivity contribution < 1.29 is 0 Å². The molecule has 96 valence electrons. The van der Waals surface area contributed by atoms with Crippen LogP contribution in [0.3, 0.4) is 0 Å². The van der Waals surface area contributed by atoms with E-state index in [0.717, 1.165) is 25.7 Å². The van der Waals surface area contributed by atoms with E-state index in [-0.39, 0.29) is 11.3 Å². The van der Waals surface area contributed by atoms with E-state index in [1.54, 1.807) is 0 Å². The Labute approximate surface area is 110 Å². The van der Waals surface area contributed by atoms with Crippen molar-refractivity contribution in [2.45, 2.75) is 64.2 Å². The van der Waals surface area contributed by atoms with Crippen molar-refractivity contribution in [2.24, 2.45) is 11.3 Å². The molecule has 2 aliphatic rings. The van der Waals surface area contributed by atoms with Crippen LogP contribution in [0.5, 0.6) is 0 Å². The maximum absolute atomic E-state index is 9.62. The molecule has 0 aromatic carbocycles. The first kappa shape index (κ1) is 13.2. The van der Waals surface area contributed by atoms with Gasteiger partial charge in [-0.05, 0) is 38.5 Å². The molecular formula is C16H22N2. The van der Waals surface area contributed by atoms with Gasteiger partial charge >= 0.3 is 0 Å². The molecule has 1 unspecified atom stereocenters. The second-order valence-corrected chi connectivity index (χ2v) is 5.84. The zero-order valence-corrected chi connectivity index (χ0v) is 11.1. The molecule has 2 aliphatic carbocycles. The topological polar surface area (TPSA) is 47.6 Å². The van der Waals surface area contributed by atoms with Crippen LogP contribution in [0.2, 0.25) is 0 Å². The van der Waals surface area contributed by atoms with E-state index in [2.05, 4.69) is 18.2 Å². The van der Waals surface area contributed by atoms with Crippen molar-refractivity contribution in [3.8, 4) is 12.1 Å². The molecule has 0 heterocycles. The summed E-state index contributed by atoms with van der Waals surface area (Å²) in [6.07, 6.45) is 13.3. The highest BCUT2D eigenvalue weighted by atomic mass is 14.5. The van der Waals surface area contributed by atoms with Crippen molar-refractivity contribution in [2.75, 3.05) is 0 Å². The van der Waals surface area contributed by atoms with Gasteiger partial charge in [0.25, 0.3) is 0 Å². The smallest absolute Gasteiger partial charge is 0.0738 e. The summed E-state index contributed by atoms with van der Waals surface area (Å²) in [5.74, 6) is -0.00208. The van der Waals surface area contributed by atoms with Crippen molar-refractivity contribution in [1.82, 2.24) is 0 Å². The van der Waals surface area contributed by atoms with Crippen molar-refractivity contribution in [3.63, 3.8) is 0 Å². The molecule has 0 bridgehead atoms. The fourth-order valence-electron chi connectivity index (χ4n) is 3.72. The molecule has 0 spiro atoms. The lowest BCUT2D eigenvalue weighted by atomic mass is 9.61. The standard InChI is InChI=1S/C16H22N2/c17-12-11-16(9-5-2-6-10-16)15(13-18)14-7-3-1-4-8-14/h7,15H,1-6,8-11H2. The van der Waals surface area contributed by atoms with Gasteiger partial charge in [0.1, 0.15) is 0 Å². The zero-order valence-electron chi connectivity index (χ0n) is 11.1. The minimum atomic E-state index is -0.0368. The predicted molar refractivity (Wildman–Crippen MR) is 71.4 cm³/mol. The van der Waals surface area contributed by atoms with Gasteiger partial charge in [-0.3, -0.25) is 0 Å². The van der Waals surface area contributed by atoms with E-state index in [9.17, 15) is 5.26 Å². The minimum Gasteiger partial charge on any atom is -0.198 e. The highest BCUT2D eigenvalue weighted by Crippen LogP contribution is 2.49. The van der Waals surface area contributed by atoms with Crippen molar-refractivity contribution in [3.05, 3.63) is 11.6 Å². The Balaban J connectivity index is 2.24. The third kappa shape index (κ3) is 2.59. The maximum atomic E-state index is 9.62. The van der Waals surface area contributed by atoms with Crippen molar-refractivity contribution in [1.29, 1.82) is 10.5 Å². The van der Waals surface area contributed by atoms with E-state index >= 15 is 0 Å². The van der Waals surface area contributed by atoms with Gasteiger partial charge in [0.2, 0.25) is 0 Å². The molecule has 2 heteroatoms. The van der Waals surface area contributed by atoms with E-state index < -0.39 is 0 Å². The summed E-state index contributed by atoms with van der Waals surface area (Å²) in [6, 6.07) is 4.90. The molecular weight excluding hydrogens is 220 g/mol. The van der Waals surface area contributed by atoms with Gasteiger partial charge in [0.05, 0.1) is 18.1 Å². The van der Waals surface area contributed by atoms with E-state index in [0.29, 0.717) is 6.42 Å². The molecule has 1 fully saturated rings. The van der Waals surface area contributed by atoms with Crippen LogP contribution < -0.4 is 0 Å². The van der Waals surface area contributed by atoms with Crippen molar-refractivity contribution >= 4 is 0 Å². The first-order valence-corrected chi connectivity index (χ1v) is 7.28. The number of hydrogen-bond acceptors (Lipinski definition) is 2.